The third-order valence-electron chi connectivity index (χ3n) is 2.57. The van der Waals surface area contributed by atoms with Crippen molar-refractivity contribution in [3.05, 3.63) is 23.8 Å². The van der Waals surface area contributed by atoms with Gasteiger partial charge in [0.25, 0.3) is 0 Å². The molecule has 0 heterocycles. The summed E-state index contributed by atoms with van der Waals surface area (Å²) >= 11 is 0. The Morgan fingerprint density at radius 1 is 1.38 bits per heavy atom. The highest BCUT2D eigenvalue weighted by Crippen LogP contribution is 2.25. The molecule has 2 amide bonds. The fourth-order valence-electron chi connectivity index (χ4n) is 1.72. The standard InChI is InChI=1S/C14H21N3O3.ClH/c1-9(15)6-14(19)16-8-11-4-5-13(20-3)12(7-11)17-10(2)18;/h4-5,7,9H,6,8,15H2,1-3H3,(H,16,19)(H,17,18);1H. The second-order valence-electron chi connectivity index (χ2n) is 4.67. The number of benzene rings is 1. The van der Waals surface area contributed by atoms with Crippen LogP contribution in [0.15, 0.2) is 18.2 Å². The number of amides is 2. The number of hydrogen-bond acceptors (Lipinski definition) is 4. The number of rotatable bonds is 6. The molecule has 0 spiro atoms. The van der Waals surface area contributed by atoms with E-state index in [-0.39, 0.29) is 36.7 Å². The molecule has 0 aromatic heterocycles. The van der Waals surface area contributed by atoms with Gasteiger partial charge in [-0.25, -0.2) is 0 Å². The van der Waals surface area contributed by atoms with Gasteiger partial charge in [-0.1, -0.05) is 6.07 Å². The van der Waals surface area contributed by atoms with Crippen LogP contribution in [0.4, 0.5) is 5.69 Å². The van der Waals surface area contributed by atoms with Gasteiger partial charge in [-0.2, -0.15) is 0 Å². The van der Waals surface area contributed by atoms with Crippen molar-refractivity contribution < 1.29 is 14.3 Å². The highest BCUT2D eigenvalue weighted by Gasteiger charge is 2.08. The van der Waals surface area contributed by atoms with Gasteiger partial charge in [0.05, 0.1) is 12.8 Å². The van der Waals surface area contributed by atoms with Crippen LogP contribution in [0.1, 0.15) is 25.8 Å². The molecule has 1 atom stereocenters. The minimum absolute atomic E-state index is 0. The number of carbonyl (C=O) groups excluding carboxylic acids is 2. The SMILES string of the molecule is COc1ccc(CNC(=O)CC(C)N)cc1NC(C)=O.Cl. The van der Waals surface area contributed by atoms with Crippen molar-refractivity contribution in [2.24, 2.45) is 5.73 Å². The first-order chi connectivity index (χ1) is 9.42. The second kappa shape index (κ2) is 9.20. The molecule has 0 aliphatic rings. The molecule has 1 unspecified atom stereocenters. The molecule has 1 aromatic carbocycles. The quantitative estimate of drug-likeness (QED) is 0.740. The fraction of sp³-hybridized carbons (Fsp3) is 0.429. The largest absolute Gasteiger partial charge is 0.495 e. The maximum atomic E-state index is 11.5. The van der Waals surface area contributed by atoms with Gasteiger partial charge >= 0.3 is 0 Å². The van der Waals surface area contributed by atoms with E-state index in [4.69, 9.17) is 10.5 Å². The summed E-state index contributed by atoms with van der Waals surface area (Å²) in [7, 11) is 1.53. The number of ether oxygens (including phenoxy) is 1. The molecule has 4 N–H and O–H groups in total. The van der Waals surface area contributed by atoms with Crippen molar-refractivity contribution in [2.75, 3.05) is 12.4 Å². The van der Waals surface area contributed by atoms with Crippen molar-refractivity contribution in [3.63, 3.8) is 0 Å². The summed E-state index contributed by atoms with van der Waals surface area (Å²) in [6, 6.07) is 5.18. The molecular weight excluding hydrogens is 294 g/mol. The summed E-state index contributed by atoms with van der Waals surface area (Å²) in [4.78, 5) is 22.7. The molecule has 0 aliphatic heterocycles. The van der Waals surface area contributed by atoms with Gasteiger partial charge in [-0.05, 0) is 24.6 Å². The third kappa shape index (κ3) is 6.97. The molecule has 7 heteroatoms. The zero-order valence-corrected chi connectivity index (χ0v) is 13.3. The van der Waals surface area contributed by atoms with E-state index in [0.717, 1.165) is 5.56 Å². The average molecular weight is 316 g/mol. The number of anilines is 1. The normalized spacial score (nSPS) is 11.0. The van der Waals surface area contributed by atoms with Crippen LogP contribution in [0.25, 0.3) is 0 Å². The number of hydrogen-bond donors (Lipinski definition) is 3. The molecule has 0 saturated carbocycles. The summed E-state index contributed by atoms with van der Waals surface area (Å²) < 4.78 is 5.16. The predicted octanol–water partition coefficient (Wildman–Crippen LogP) is 1.43. The molecule has 6 nitrogen and oxygen atoms in total. The maximum absolute atomic E-state index is 11.5. The lowest BCUT2D eigenvalue weighted by atomic mass is 10.1. The first-order valence-electron chi connectivity index (χ1n) is 6.39. The molecule has 0 radical (unpaired) electrons. The van der Waals surface area contributed by atoms with Crippen LogP contribution in [0.5, 0.6) is 5.75 Å². The average Bonchev–Trinajstić information content (AvgIpc) is 2.35. The van der Waals surface area contributed by atoms with Gasteiger partial charge in [0.15, 0.2) is 0 Å². The van der Waals surface area contributed by atoms with E-state index in [9.17, 15) is 9.59 Å². The van der Waals surface area contributed by atoms with Crippen molar-refractivity contribution >= 4 is 29.9 Å². The summed E-state index contributed by atoms with van der Waals surface area (Å²) in [6.07, 6.45) is 0.286. The van der Waals surface area contributed by atoms with E-state index in [1.54, 1.807) is 19.1 Å². The Morgan fingerprint density at radius 3 is 2.57 bits per heavy atom. The van der Waals surface area contributed by atoms with Crippen LogP contribution >= 0.6 is 12.4 Å². The van der Waals surface area contributed by atoms with Crippen molar-refractivity contribution in [1.29, 1.82) is 0 Å². The van der Waals surface area contributed by atoms with Crippen LogP contribution in [-0.4, -0.2) is 25.0 Å². The van der Waals surface area contributed by atoms with E-state index in [1.807, 2.05) is 6.07 Å². The first kappa shape index (κ1) is 19.2. The minimum Gasteiger partial charge on any atom is -0.495 e. The van der Waals surface area contributed by atoms with Gasteiger partial charge in [0, 0.05) is 25.9 Å². The smallest absolute Gasteiger partial charge is 0.221 e. The van der Waals surface area contributed by atoms with E-state index in [1.165, 1.54) is 14.0 Å². The van der Waals surface area contributed by atoms with E-state index >= 15 is 0 Å². The summed E-state index contributed by atoms with van der Waals surface area (Å²) in [5.74, 6) is 0.296. The Kier molecular flexibility index (Phi) is 8.42. The highest BCUT2D eigenvalue weighted by molar-refractivity contribution is 5.90. The van der Waals surface area contributed by atoms with Crippen molar-refractivity contribution in [3.8, 4) is 5.75 Å². The van der Waals surface area contributed by atoms with Crippen LogP contribution < -0.4 is 21.1 Å². The summed E-state index contributed by atoms with van der Waals surface area (Å²) in [5.41, 5.74) is 7.00. The fourth-order valence-corrected chi connectivity index (χ4v) is 1.72. The Morgan fingerprint density at radius 2 is 2.05 bits per heavy atom. The van der Waals surface area contributed by atoms with E-state index in [2.05, 4.69) is 10.6 Å². The molecule has 0 aliphatic carbocycles. The molecule has 0 saturated heterocycles. The summed E-state index contributed by atoms with van der Waals surface area (Å²) in [6.45, 7) is 3.58. The van der Waals surface area contributed by atoms with Crippen LogP contribution in [-0.2, 0) is 16.1 Å². The first-order valence-corrected chi connectivity index (χ1v) is 6.39. The topological polar surface area (TPSA) is 93.4 Å². The predicted molar refractivity (Wildman–Crippen MR) is 84.7 cm³/mol. The van der Waals surface area contributed by atoms with Gasteiger partial charge in [-0.3, -0.25) is 9.59 Å². The number of carbonyl (C=O) groups is 2. The van der Waals surface area contributed by atoms with Crippen molar-refractivity contribution in [2.45, 2.75) is 32.9 Å². The number of methoxy groups -OCH3 is 1. The molecule has 0 fully saturated rings. The lowest BCUT2D eigenvalue weighted by Gasteiger charge is -2.12. The lowest BCUT2D eigenvalue weighted by molar-refractivity contribution is -0.121. The Hall–Kier alpha value is -1.79. The van der Waals surface area contributed by atoms with Crippen LogP contribution in [0.3, 0.4) is 0 Å². The minimum atomic E-state index is -0.179. The molecule has 118 valence electrons. The van der Waals surface area contributed by atoms with Gasteiger partial charge in [-0.15, -0.1) is 12.4 Å². The molecule has 1 aromatic rings. The molecule has 21 heavy (non-hydrogen) atoms. The maximum Gasteiger partial charge on any atom is 0.221 e. The number of nitrogens with two attached hydrogens (primary N) is 1. The summed E-state index contributed by atoms with van der Waals surface area (Å²) in [5, 5.41) is 5.46. The monoisotopic (exact) mass is 315 g/mol. The Bertz CT molecular complexity index is 492. The van der Waals surface area contributed by atoms with E-state index in [0.29, 0.717) is 18.0 Å². The highest BCUT2D eigenvalue weighted by atomic mass is 35.5. The van der Waals surface area contributed by atoms with Crippen LogP contribution in [0.2, 0.25) is 0 Å². The zero-order valence-electron chi connectivity index (χ0n) is 12.4. The molecular formula is C14H22ClN3O3. The second-order valence-corrected chi connectivity index (χ2v) is 4.67. The van der Waals surface area contributed by atoms with Gasteiger partial charge in [0.2, 0.25) is 11.8 Å². The lowest BCUT2D eigenvalue weighted by Crippen LogP contribution is -2.29. The van der Waals surface area contributed by atoms with Crippen molar-refractivity contribution in [1.82, 2.24) is 5.32 Å². The Balaban J connectivity index is 0.00000400. The van der Waals surface area contributed by atoms with Gasteiger partial charge < -0.3 is 21.1 Å². The molecule has 1 rings (SSSR count). The number of halogens is 1. The number of nitrogens with one attached hydrogen (secondary N) is 2. The van der Waals surface area contributed by atoms with Gasteiger partial charge in [0.1, 0.15) is 5.75 Å². The Labute approximate surface area is 130 Å². The van der Waals surface area contributed by atoms with E-state index < -0.39 is 0 Å². The third-order valence-corrected chi connectivity index (χ3v) is 2.57. The van der Waals surface area contributed by atoms with Crippen LogP contribution in [0, 0.1) is 0 Å². The zero-order chi connectivity index (χ0) is 15.1. The molecule has 0 bridgehead atoms.